The number of piperidine rings is 1. The molecule has 7 nitrogen and oxygen atoms in total. The van der Waals surface area contributed by atoms with Crippen LogP contribution < -0.4 is 20.9 Å². The second-order valence-corrected chi connectivity index (χ2v) is 7.19. The SMILES string of the molecule is COn1cc(C(=O)O)c(=O)c2ccc(N3CCC(N)C(C)(C)C3)cc21. The van der Waals surface area contributed by atoms with E-state index in [1.165, 1.54) is 18.0 Å². The quantitative estimate of drug-likeness (QED) is 0.871. The Morgan fingerprint density at radius 3 is 2.72 bits per heavy atom. The molecule has 1 aromatic carbocycles. The molecule has 25 heavy (non-hydrogen) atoms. The normalized spacial score (nSPS) is 19.8. The van der Waals surface area contributed by atoms with Crippen molar-refractivity contribution >= 4 is 22.6 Å². The number of aromatic carboxylic acids is 1. The van der Waals surface area contributed by atoms with E-state index in [1.807, 2.05) is 12.1 Å². The zero-order valence-electron chi connectivity index (χ0n) is 14.7. The summed E-state index contributed by atoms with van der Waals surface area (Å²) in [5, 5.41) is 9.52. The molecule has 0 bridgehead atoms. The van der Waals surface area contributed by atoms with Crippen molar-refractivity contribution in [1.29, 1.82) is 0 Å². The van der Waals surface area contributed by atoms with Crippen LogP contribution in [-0.4, -0.2) is 42.0 Å². The van der Waals surface area contributed by atoms with Crippen molar-refractivity contribution < 1.29 is 14.7 Å². The lowest BCUT2D eigenvalue weighted by Gasteiger charge is -2.43. The van der Waals surface area contributed by atoms with Crippen LogP contribution in [0.2, 0.25) is 0 Å². The van der Waals surface area contributed by atoms with Gasteiger partial charge in [0, 0.05) is 24.8 Å². The molecule has 1 fully saturated rings. The van der Waals surface area contributed by atoms with Crippen molar-refractivity contribution in [3.63, 3.8) is 0 Å². The van der Waals surface area contributed by atoms with E-state index < -0.39 is 11.4 Å². The summed E-state index contributed by atoms with van der Waals surface area (Å²) in [6.45, 7) is 5.94. The number of hydrogen-bond donors (Lipinski definition) is 2. The first-order valence-corrected chi connectivity index (χ1v) is 8.22. The summed E-state index contributed by atoms with van der Waals surface area (Å²) < 4.78 is 1.32. The number of rotatable bonds is 3. The summed E-state index contributed by atoms with van der Waals surface area (Å²) in [6.07, 6.45) is 2.10. The number of benzene rings is 1. The standard InChI is InChI=1S/C18H23N3O4/c1-18(2)10-20(7-6-15(18)19)11-4-5-12-14(8-11)21(25-3)9-13(16(12)22)17(23)24/h4-5,8-9,15H,6-7,10,19H2,1-3H3,(H,23,24). The highest BCUT2D eigenvalue weighted by atomic mass is 16.6. The topological polar surface area (TPSA) is 97.8 Å². The number of nitrogens with zero attached hydrogens (tertiary/aromatic N) is 2. The van der Waals surface area contributed by atoms with Gasteiger partial charge >= 0.3 is 5.97 Å². The number of carboxylic acids is 1. The van der Waals surface area contributed by atoms with Crippen LogP contribution in [0.1, 0.15) is 30.6 Å². The molecule has 3 N–H and O–H groups in total. The molecule has 1 aromatic heterocycles. The minimum absolute atomic E-state index is 0.0126. The van der Waals surface area contributed by atoms with Gasteiger partial charge < -0.3 is 20.6 Å². The maximum Gasteiger partial charge on any atom is 0.341 e. The van der Waals surface area contributed by atoms with Crippen LogP contribution in [0.4, 0.5) is 5.69 Å². The molecule has 1 unspecified atom stereocenters. The van der Waals surface area contributed by atoms with Crippen molar-refractivity contribution in [2.75, 3.05) is 25.1 Å². The summed E-state index contributed by atoms with van der Waals surface area (Å²) in [4.78, 5) is 31.1. The van der Waals surface area contributed by atoms with Crippen LogP contribution in [-0.2, 0) is 0 Å². The molecule has 134 valence electrons. The molecule has 1 aliphatic heterocycles. The number of hydrogen-bond acceptors (Lipinski definition) is 5. The summed E-state index contributed by atoms with van der Waals surface area (Å²) in [6, 6.07) is 5.52. The molecule has 7 heteroatoms. The Bertz CT molecular complexity index is 888. The minimum Gasteiger partial charge on any atom is -0.477 e. The zero-order chi connectivity index (χ0) is 18.4. The van der Waals surface area contributed by atoms with Gasteiger partial charge in [0.25, 0.3) is 0 Å². The molecule has 2 aromatic rings. The van der Waals surface area contributed by atoms with Crippen molar-refractivity contribution in [3.8, 4) is 0 Å². The van der Waals surface area contributed by atoms with Crippen LogP contribution >= 0.6 is 0 Å². The van der Waals surface area contributed by atoms with Gasteiger partial charge in [0.05, 0.1) is 17.1 Å². The fourth-order valence-electron chi connectivity index (χ4n) is 3.38. The van der Waals surface area contributed by atoms with E-state index in [0.717, 1.165) is 25.2 Å². The third kappa shape index (κ3) is 2.95. The van der Waals surface area contributed by atoms with E-state index in [1.54, 1.807) is 6.07 Å². The molecule has 2 heterocycles. The number of carboxylic acid groups (broad SMARTS) is 1. The molecule has 0 aliphatic carbocycles. The maximum absolute atomic E-state index is 12.4. The first-order chi connectivity index (χ1) is 11.7. The fourth-order valence-corrected chi connectivity index (χ4v) is 3.38. The number of carbonyl (C=O) groups is 1. The third-order valence-electron chi connectivity index (χ3n) is 5.06. The Kier molecular flexibility index (Phi) is 4.20. The predicted molar refractivity (Wildman–Crippen MR) is 96.3 cm³/mol. The summed E-state index contributed by atoms with van der Waals surface area (Å²) in [5.41, 5.74) is 6.87. The molecule has 0 saturated carbocycles. The van der Waals surface area contributed by atoms with Gasteiger partial charge in [0.15, 0.2) is 0 Å². The second kappa shape index (κ2) is 6.07. The van der Waals surface area contributed by atoms with Gasteiger partial charge in [-0.15, -0.1) is 0 Å². The van der Waals surface area contributed by atoms with E-state index in [4.69, 9.17) is 10.6 Å². The zero-order valence-corrected chi connectivity index (χ0v) is 14.7. The molecule has 1 saturated heterocycles. The van der Waals surface area contributed by atoms with Crippen molar-refractivity contribution in [3.05, 3.63) is 40.2 Å². The van der Waals surface area contributed by atoms with Gasteiger partial charge in [0.1, 0.15) is 12.7 Å². The van der Waals surface area contributed by atoms with Crippen molar-refractivity contribution in [2.45, 2.75) is 26.3 Å². The van der Waals surface area contributed by atoms with E-state index in [2.05, 4.69) is 18.7 Å². The highest BCUT2D eigenvalue weighted by molar-refractivity contribution is 5.93. The molecular weight excluding hydrogens is 322 g/mol. The summed E-state index contributed by atoms with van der Waals surface area (Å²) >= 11 is 0. The lowest BCUT2D eigenvalue weighted by atomic mass is 9.79. The molecule has 0 amide bonds. The van der Waals surface area contributed by atoms with Crippen LogP contribution in [0.25, 0.3) is 10.9 Å². The van der Waals surface area contributed by atoms with E-state index in [9.17, 15) is 14.7 Å². The lowest BCUT2D eigenvalue weighted by molar-refractivity contribution is 0.0691. The van der Waals surface area contributed by atoms with Crippen LogP contribution in [0.5, 0.6) is 0 Å². The van der Waals surface area contributed by atoms with Gasteiger partial charge in [-0.1, -0.05) is 13.8 Å². The summed E-state index contributed by atoms with van der Waals surface area (Å²) in [5.74, 6) is -1.27. The third-order valence-corrected chi connectivity index (χ3v) is 5.06. The van der Waals surface area contributed by atoms with Crippen LogP contribution in [0, 0.1) is 5.41 Å². The predicted octanol–water partition coefficient (Wildman–Crippen LogP) is 1.32. The van der Waals surface area contributed by atoms with E-state index in [-0.39, 0.29) is 17.0 Å². The molecular formula is C18H23N3O4. The first-order valence-electron chi connectivity index (χ1n) is 8.22. The summed E-state index contributed by atoms with van der Waals surface area (Å²) in [7, 11) is 1.44. The second-order valence-electron chi connectivity index (χ2n) is 7.19. The molecule has 1 aliphatic rings. The maximum atomic E-state index is 12.4. The lowest BCUT2D eigenvalue weighted by Crippen LogP contribution is -2.52. The number of anilines is 1. The van der Waals surface area contributed by atoms with E-state index >= 15 is 0 Å². The molecule has 0 radical (unpaired) electrons. The number of fused-ring (bicyclic) bond motifs is 1. The Morgan fingerprint density at radius 2 is 2.12 bits per heavy atom. The van der Waals surface area contributed by atoms with Gasteiger partial charge in [-0.2, -0.15) is 4.73 Å². The largest absolute Gasteiger partial charge is 0.477 e. The number of pyridine rings is 1. The Balaban J connectivity index is 2.10. The average molecular weight is 345 g/mol. The minimum atomic E-state index is -1.27. The number of aromatic nitrogens is 1. The Hall–Kier alpha value is -2.54. The Labute approximate surface area is 145 Å². The first kappa shape index (κ1) is 17.3. The molecule has 1 atom stereocenters. The van der Waals surface area contributed by atoms with Gasteiger partial charge in [-0.3, -0.25) is 4.79 Å². The van der Waals surface area contributed by atoms with Gasteiger partial charge in [-0.05, 0) is 30.0 Å². The van der Waals surface area contributed by atoms with Crippen LogP contribution in [0.15, 0.2) is 29.2 Å². The van der Waals surface area contributed by atoms with Gasteiger partial charge in [-0.25, -0.2) is 4.79 Å². The highest BCUT2D eigenvalue weighted by Gasteiger charge is 2.33. The average Bonchev–Trinajstić information content (AvgIpc) is 2.57. The highest BCUT2D eigenvalue weighted by Crippen LogP contribution is 2.32. The molecule has 3 rings (SSSR count). The van der Waals surface area contributed by atoms with Gasteiger partial charge in [0.2, 0.25) is 5.43 Å². The van der Waals surface area contributed by atoms with E-state index in [0.29, 0.717) is 10.9 Å². The monoisotopic (exact) mass is 345 g/mol. The van der Waals surface area contributed by atoms with Crippen molar-refractivity contribution in [2.24, 2.45) is 11.1 Å². The molecule has 0 spiro atoms. The van der Waals surface area contributed by atoms with Crippen LogP contribution in [0.3, 0.4) is 0 Å². The Morgan fingerprint density at radius 1 is 1.40 bits per heavy atom. The smallest absolute Gasteiger partial charge is 0.341 e. The fraction of sp³-hybridized carbons (Fsp3) is 0.444. The number of nitrogens with two attached hydrogens (primary N) is 1. The van der Waals surface area contributed by atoms with Crippen molar-refractivity contribution in [1.82, 2.24) is 4.73 Å².